The average molecular weight is 482 g/mol. The molecule has 176 valence electrons. The molecule has 0 radical (unpaired) electrons. The number of hydrogen-bond donors (Lipinski definition) is 1. The van der Waals surface area contributed by atoms with E-state index in [0.717, 1.165) is 0 Å². The SMILES string of the molecule is CC1Cc2oc(C(=O)NCc3nccs3)c(C(F)(F)F)c2-c2nn(CC3COCCO3)cc21. The second-order valence-corrected chi connectivity index (χ2v) is 9.02. The second-order valence-electron chi connectivity index (χ2n) is 8.04. The van der Waals surface area contributed by atoms with Gasteiger partial charge in [0.1, 0.15) is 22.4 Å². The van der Waals surface area contributed by atoms with Crippen molar-refractivity contribution in [3.8, 4) is 11.3 Å². The Morgan fingerprint density at radius 2 is 2.21 bits per heavy atom. The predicted molar refractivity (Wildman–Crippen MR) is 111 cm³/mol. The van der Waals surface area contributed by atoms with Crippen LogP contribution in [0, 0.1) is 0 Å². The van der Waals surface area contributed by atoms with E-state index in [2.05, 4.69) is 15.4 Å². The normalized spacial score (nSPS) is 20.4. The second kappa shape index (κ2) is 8.58. The molecular weight excluding hydrogens is 461 g/mol. The maximum Gasteiger partial charge on any atom is 0.420 e. The first kappa shape index (κ1) is 22.1. The van der Waals surface area contributed by atoms with Crippen molar-refractivity contribution in [3.63, 3.8) is 0 Å². The maximum atomic E-state index is 14.2. The molecule has 1 aliphatic carbocycles. The van der Waals surface area contributed by atoms with Gasteiger partial charge in [-0.2, -0.15) is 18.3 Å². The van der Waals surface area contributed by atoms with Crippen LogP contribution in [0.5, 0.6) is 0 Å². The van der Waals surface area contributed by atoms with Gasteiger partial charge < -0.3 is 19.2 Å². The van der Waals surface area contributed by atoms with Crippen LogP contribution < -0.4 is 5.32 Å². The first-order valence-corrected chi connectivity index (χ1v) is 11.4. The molecule has 3 aromatic heterocycles. The number of nitrogens with one attached hydrogen (secondary N) is 1. The van der Waals surface area contributed by atoms with Crippen molar-refractivity contribution < 1.29 is 31.9 Å². The first-order chi connectivity index (χ1) is 15.8. The number of furan rings is 1. The van der Waals surface area contributed by atoms with Gasteiger partial charge in [-0.1, -0.05) is 6.92 Å². The summed E-state index contributed by atoms with van der Waals surface area (Å²) in [4.78, 5) is 16.7. The van der Waals surface area contributed by atoms with E-state index in [1.54, 1.807) is 22.5 Å². The fourth-order valence-corrected chi connectivity index (χ4v) is 4.76. The van der Waals surface area contributed by atoms with Crippen LogP contribution in [0.1, 0.15) is 45.3 Å². The number of rotatable bonds is 5. The summed E-state index contributed by atoms with van der Waals surface area (Å²) in [6.07, 6.45) is -1.49. The molecule has 0 spiro atoms. The summed E-state index contributed by atoms with van der Waals surface area (Å²) in [6, 6.07) is 0. The van der Waals surface area contributed by atoms with Crippen LogP contribution in [0.3, 0.4) is 0 Å². The minimum Gasteiger partial charge on any atom is -0.455 e. The quantitative estimate of drug-likeness (QED) is 0.597. The standard InChI is InChI=1S/C21H21F3N4O4S/c1-11-6-14-16(18-13(11)9-28(27-18)8-12-10-30-3-4-31-12)17(21(22,23)24)19(32-14)20(29)26-7-15-25-2-5-33-15/h2,5,9,11-12H,3-4,6-8,10H2,1H3,(H,26,29). The van der Waals surface area contributed by atoms with Gasteiger partial charge in [0.25, 0.3) is 5.91 Å². The summed E-state index contributed by atoms with van der Waals surface area (Å²) in [5.41, 5.74) is -0.379. The van der Waals surface area contributed by atoms with Crippen molar-refractivity contribution in [1.82, 2.24) is 20.1 Å². The van der Waals surface area contributed by atoms with Crippen LogP contribution >= 0.6 is 11.3 Å². The zero-order valence-electron chi connectivity index (χ0n) is 17.6. The summed E-state index contributed by atoms with van der Waals surface area (Å²) >= 11 is 1.29. The Morgan fingerprint density at radius 1 is 1.36 bits per heavy atom. The number of nitrogens with zero attached hydrogens (tertiary/aromatic N) is 3. The number of hydrogen-bond acceptors (Lipinski definition) is 7. The van der Waals surface area contributed by atoms with Crippen molar-refractivity contribution in [2.75, 3.05) is 19.8 Å². The fraction of sp³-hybridized carbons (Fsp3) is 0.476. The smallest absolute Gasteiger partial charge is 0.420 e. The average Bonchev–Trinajstić information content (AvgIpc) is 3.50. The number of fused-ring (bicyclic) bond motifs is 3. The van der Waals surface area contributed by atoms with Crippen LogP contribution in [-0.4, -0.2) is 46.6 Å². The van der Waals surface area contributed by atoms with E-state index in [1.807, 2.05) is 6.92 Å². The zero-order chi connectivity index (χ0) is 23.2. The molecule has 1 aliphatic heterocycles. The number of thiazole rings is 1. The largest absolute Gasteiger partial charge is 0.455 e. The molecule has 2 aliphatic rings. The molecule has 0 aromatic carbocycles. The van der Waals surface area contributed by atoms with E-state index in [4.69, 9.17) is 13.9 Å². The molecule has 0 bridgehead atoms. The summed E-state index contributed by atoms with van der Waals surface area (Å²) in [7, 11) is 0. The Hall–Kier alpha value is -2.70. The highest BCUT2D eigenvalue weighted by Crippen LogP contribution is 2.48. The minimum absolute atomic E-state index is 0.0128. The van der Waals surface area contributed by atoms with Crippen molar-refractivity contribution in [2.24, 2.45) is 0 Å². The van der Waals surface area contributed by atoms with Crippen LogP contribution in [-0.2, 0) is 35.2 Å². The Kier molecular flexibility index (Phi) is 5.75. The summed E-state index contributed by atoms with van der Waals surface area (Å²) < 4.78 is 60.7. The Bertz CT molecular complexity index is 1150. The van der Waals surface area contributed by atoms with E-state index in [-0.39, 0.29) is 42.0 Å². The van der Waals surface area contributed by atoms with E-state index in [1.165, 1.54) is 11.3 Å². The van der Waals surface area contributed by atoms with Crippen LogP contribution in [0.4, 0.5) is 13.2 Å². The highest BCUT2D eigenvalue weighted by molar-refractivity contribution is 7.09. The van der Waals surface area contributed by atoms with Gasteiger partial charge in [0.05, 0.1) is 44.2 Å². The Balaban J connectivity index is 1.50. The van der Waals surface area contributed by atoms with Crippen molar-refractivity contribution >= 4 is 17.2 Å². The summed E-state index contributed by atoms with van der Waals surface area (Å²) in [5, 5.41) is 9.23. The molecule has 8 nitrogen and oxygen atoms in total. The molecule has 1 N–H and O–H groups in total. The number of aromatic nitrogens is 3. The number of alkyl halides is 3. The van der Waals surface area contributed by atoms with E-state index in [0.29, 0.717) is 36.9 Å². The lowest BCUT2D eigenvalue weighted by atomic mass is 9.86. The fourth-order valence-electron chi connectivity index (χ4n) is 4.20. The monoisotopic (exact) mass is 482 g/mol. The predicted octanol–water partition coefficient (Wildman–Crippen LogP) is 3.62. The van der Waals surface area contributed by atoms with Gasteiger partial charge in [-0.25, -0.2) is 4.98 Å². The van der Waals surface area contributed by atoms with Crippen LogP contribution in [0.2, 0.25) is 0 Å². The number of carbonyl (C=O) groups excluding carboxylic acids is 1. The molecule has 1 saturated heterocycles. The number of amides is 1. The van der Waals surface area contributed by atoms with Crippen molar-refractivity contribution in [2.45, 2.75) is 44.6 Å². The third-order valence-corrected chi connectivity index (χ3v) is 6.46. The number of ether oxygens (including phenoxy) is 2. The van der Waals surface area contributed by atoms with Gasteiger partial charge >= 0.3 is 6.18 Å². The van der Waals surface area contributed by atoms with Gasteiger partial charge in [-0.3, -0.25) is 9.48 Å². The lowest BCUT2D eigenvalue weighted by Gasteiger charge is -2.22. The molecule has 4 heterocycles. The molecule has 1 amide bonds. The highest BCUT2D eigenvalue weighted by atomic mass is 32.1. The Morgan fingerprint density at radius 3 is 2.91 bits per heavy atom. The molecule has 1 fully saturated rings. The van der Waals surface area contributed by atoms with Crippen molar-refractivity contribution in [1.29, 1.82) is 0 Å². The number of halogens is 3. The molecule has 2 unspecified atom stereocenters. The summed E-state index contributed by atoms with van der Waals surface area (Å²) in [6.45, 7) is 3.64. The zero-order valence-corrected chi connectivity index (χ0v) is 18.5. The summed E-state index contributed by atoms with van der Waals surface area (Å²) in [5.74, 6) is -1.69. The minimum atomic E-state index is -4.80. The van der Waals surface area contributed by atoms with E-state index < -0.39 is 23.4 Å². The Labute approximate surface area is 190 Å². The molecule has 3 aromatic rings. The molecular formula is C21H21F3N4O4S. The molecule has 33 heavy (non-hydrogen) atoms. The molecule has 2 atom stereocenters. The number of carbonyl (C=O) groups is 1. The molecule has 0 saturated carbocycles. The maximum absolute atomic E-state index is 14.2. The third-order valence-electron chi connectivity index (χ3n) is 5.68. The van der Waals surface area contributed by atoms with Gasteiger partial charge in [0, 0.05) is 29.8 Å². The van der Waals surface area contributed by atoms with Gasteiger partial charge in [0.15, 0.2) is 0 Å². The highest BCUT2D eigenvalue weighted by Gasteiger charge is 2.46. The first-order valence-electron chi connectivity index (χ1n) is 10.5. The van der Waals surface area contributed by atoms with Crippen LogP contribution in [0.25, 0.3) is 11.3 Å². The molecule has 12 heteroatoms. The lowest BCUT2D eigenvalue weighted by molar-refractivity contribution is -0.137. The molecule has 5 rings (SSSR count). The third kappa shape index (κ3) is 4.30. The van der Waals surface area contributed by atoms with Gasteiger partial charge in [-0.05, 0) is 5.92 Å². The van der Waals surface area contributed by atoms with Crippen molar-refractivity contribution in [3.05, 3.63) is 45.4 Å². The lowest BCUT2D eigenvalue weighted by Crippen LogP contribution is -2.32. The van der Waals surface area contributed by atoms with Gasteiger partial charge in [-0.15, -0.1) is 11.3 Å². The van der Waals surface area contributed by atoms with Gasteiger partial charge in [0.2, 0.25) is 5.76 Å². The van der Waals surface area contributed by atoms with E-state index >= 15 is 0 Å². The van der Waals surface area contributed by atoms with Crippen LogP contribution in [0.15, 0.2) is 22.2 Å². The topological polar surface area (TPSA) is 91.4 Å². The van der Waals surface area contributed by atoms with E-state index in [9.17, 15) is 18.0 Å².